The van der Waals surface area contributed by atoms with Gasteiger partial charge in [0.05, 0.1) is 0 Å². The molecule has 5 heteroatoms. The largest absolute Gasteiger partial charge is 0.465 e. The van der Waals surface area contributed by atoms with Crippen LogP contribution in [0.25, 0.3) is 0 Å². The minimum atomic E-state index is -0.763. The van der Waals surface area contributed by atoms with Crippen LogP contribution in [0.4, 0.5) is 4.79 Å². The molecular formula is C11H21N3O2. The van der Waals surface area contributed by atoms with Gasteiger partial charge in [-0.1, -0.05) is 0 Å². The van der Waals surface area contributed by atoms with Crippen LogP contribution in [0.15, 0.2) is 0 Å². The highest BCUT2D eigenvalue weighted by Gasteiger charge is 2.28. The second kappa shape index (κ2) is 5.50. The Morgan fingerprint density at radius 1 is 1.25 bits per heavy atom. The van der Waals surface area contributed by atoms with Gasteiger partial charge < -0.3 is 20.6 Å². The number of nitrogens with zero attached hydrogens (tertiary/aromatic N) is 1. The predicted octanol–water partition coefficient (Wildman–Crippen LogP) is 0.328. The van der Waals surface area contributed by atoms with Crippen LogP contribution in [0.1, 0.15) is 19.3 Å². The van der Waals surface area contributed by atoms with Gasteiger partial charge in [0, 0.05) is 25.7 Å². The van der Waals surface area contributed by atoms with E-state index in [1.54, 1.807) is 4.90 Å². The van der Waals surface area contributed by atoms with Gasteiger partial charge in [0.2, 0.25) is 0 Å². The maximum absolute atomic E-state index is 11.1. The highest BCUT2D eigenvalue weighted by Crippen LogP contribution is 2.21. The Morgan fingerprint density at radius 2 is 2.00 bits per heavy atom. The third-order valence-electron chi connectivity index (χ3n) is 3.66. The van der Waals surface area contributed by atoms with Crippen LogP contribution in [0.2, 0.25) is 0 Å². The Balaban J connectivity index is 1.87. The molecule has 16 heavy (non-hydrogen) atoms. The zero-order valence-electron chi connectivity index (χ0n) is 9.61. The Morgan fingerprint density at radius 3 is 2.69 bits per heavy atom. The Kier molecular flexibility index (Phi) is 4.01. The molecule has 5 nitrogen and oxygen atoms in total. The fourth-order valence-electron chi connectivity index (χ4n) is 2.73. The van der Waals surface area contributed by atoms with E-state index in [2.05, 4.69) is 10.6 Å². The van der Waals surface area contributed by atoms with Gasteiger partial charge in [0.1, 0.15) is 0 Å². The van der Waals surface area contributed by atoms with Crippen molar-refractivity contribution in [3.8, 4) is 0 Å². The summed E-state index contributed by atoms with van der Waals surface area (Å²) < 4.78 is 0. The Bertz CT molecular complexity index is 241. The smallest absolute Gasteiger partial charge is 0.407 e. The zero-order valence-corrected chi connectivity index (χ0v) is 9.61. The highest BCUT2D eigenvalue weighted by atomic mass is 16.4. The summed E-state index contributed by atoms with van der Waals surface area (Å²) in [6.45, 7) is 4.39. The number of piperazine rings is 1. The van der Waals surface area contributed by atoms with E-state index < -0.39 is 6.09 Å². The summed E-state index contributed by atoms with van der Waals surface area (Å²) in [5, 5.41) is 15.8. The molecule has 0 aromatic rings. The van der Waals surface area contributed by atoms with Gasteiger partial charge >= 0.3 is 6.09 Å². The van der Waals surface area contributed by atoms with E-state index in [0.29, 0.717) is 12.5 Å². The van der Waals surface area contributed by atoms with Crippen LogP contribution >= 0.6 is 0 Å². The van der Waals surface area contributed by atoms with E-state index in [1.165, 1.54) is 12.8 Å². The van der Waals surface area contributed by atoms with Crippen LogP contribution in [0.5, 0.6) is 0 Å². The van der Waals surface area contributed by atoms with Crippen LogP contribution in [-0.4, -0.2) is 54.9 Å². The number of carboxylic acid groups (broad SMARTS) is 1. The molecule has 2 rings (SSSR count). The van der Waals surface area contributed by atoms with Crippen molar-refractivity contribution in [1.29, 1.82) is 0 Å². The molecule has 2 aliphatic heterocycles. The summed E-state index contributed by atoms with van der Waals surface area (Å²) in [6, 6.07) is 0.175. The molecule has 0 bridgehead atoms. The molecule has 2 saturated heterocycles. The second-order valence-electron chi connectivity index (χ2n) is 4.76. The Labute approximate surface area is 96.2 Å². The summed E-state index contributed by atoms with van der Waals surface area (Å²) in [7, 11) is 0. The molecule has 2 heterocycles. The van der Waals surface area contributed by atoms with E-state index in [-0.39, 0.29) is 6.04 Å². The summed E-state index contributed by atoms with van der Waals surface area (Å²) in [4.78, 5) is 12.7. The summed E-state index contributed by atoms with van der Waals surface area (Å²) in [5.74, 6) is 0.688. The number of hydrogen-bond acceptors (Lipinski definition) is 3. The standard InChI is InChI=1S/C11H21N3O2/c15-11(16)14-6-5-13-8-10(14)7-9-1-3-12-4-2-9/h9-10,12-13H,1-8H2,(H,15,16). The van der Waals surface area contributed by atoms with Gasteiger partial charge in [0.25, 0.3) is 0 Å². The van der Waals surface area contributed by atoms with Crippen LogP contribution in [-0.2, 0) is 0 Å². The fraction of sp³-hybridized carbons (Fsp3) is 0.909. The van der Waals surface area contributed by atoms with E-state index in [4.69, 9.17) is 5.11 Å². The molecule has 92 valence electrons. The zero-order chi connectivity index (χ0) is 11.4. The van der Waals surface area contributed by atoms with Gasteiger partial charge in [-0.25, -0.2) is 4.79 Å². The molecule has 1 amide bonds. The number of carbonyl (C=O) groups is 1. The first-order valence-electron chi connectivity index (χ1n) is 6.18. The van der Waals surface area contributed by atoms with E-state index in [9.17, 15) is 4.79 Å². The average molecular weight is 227 g/mol. The summed E-state index contributed by atoms with van der Waals surface area (Å²) >= 11 is 0. The maximum Gasteiger partial charge on any atom is 0.407 e. The predicted molar refractivity (Wildman–Crippen MR) is 61.6 cm³/mol. The quantitative estimate of drug-likeness (QED) is 0.636. The minimum Gasteiger partial charge on any atom is -0.465 e. The third kappa shape index (κ3) is 2.86. The topological polar surface area (TPSA) is 64.6 Å². The molecule has 0 radical (unpaired) electrons. The summed E-state index contributed by atoms with van der Waals surface area (Å²) in [6.07, 6.45) is 2.62. The molecule has 0 aromatic carbocycles. The first-order chi connectivity index (χ1) is 7.77. The molecule has 0 spiro atoms. The van der Waals surface area contributed by atoms with Crippen molar-refractivity contribution in [2.75, 3.05) is 32.7 Å². The number of hydrogen-bond donors (Lipinski definition) is 3. The number of piperidine rings is 1. The van der Waals surface area contributed by atoms with Crippen molar-refractivity contribution in [3.05, 3.63) is 0 Å². The van der Waals surface area contributed by atoms with Gasteiger partial charge in [-0.05, 0) is 38.3 Å². The summed E-state index contributed by atoms with van der Waals surface area (Å²) in [5.41, 5.74) is 0. The van der Waals surface area contributed by atoms with Gasteiger partial charge in [0.15, 0.2) is 0 Å². The number of rotatable bonds is 2. The van der Waals surface area contributed by atoms with Crippen LogP contribution in [0.3, 0.4) is 0 Å². The molecule has 1 atom stereocenters. The van der Waals surface area contributed by atoms with Crippen molar-refractivity contribution in [3.63, 3.8) is 0 Å². The molecule has 1 unspecified atom stereocenters. The Hall–Kier alpha value is -0.810. The van der Waals surface area contributed by atoms with Crippen molar-refractivity contribution >= 4 is 6.09 Å². The molecule has 2 aliphatic rings. The van der Waals surface area contributed by atoms with Crippen LogP contribution < -0.4 is 10.6 Å². The lowest BCUT2D eigenvalue weighted by Gasteiger charge is -2.37. The van der Waals surface area contributed by atoms with E-state index in [1.807, 2.05) is 0 Å². The van der Waals surface area contributed by atoms with E-state index >= 15 is 0 Å². The lowest BCUT2D eigenvalue weighted by Crippen LogP contribution is -2.54. The highest BCUT2D eigenvalue weighted by molar-refractivity contribution is 5.65. The SMILES string of the molecule is O=C(O)N1CCNCC1CC1CCNCC1. The fourth-order valence-corrected chi connectivity index (χ4v) is 2.73. The second-order valence-corrected chi connectivity index (χ2v) is 4.76. The first-order valence-corrected chi connectivity index (χ1v) is 6.18. The van der Waals surface area contributed by atoms with Crippen molar-refractivity contribution < 1.29 is 9.90 Å². The van der Waals surface area contributed by atoms with Crippen molar-refractivity contribution in [2.45, 2.75) is 25.3 Å². The van der Waals surface area contributed by atoms with Gasteiger partial charge in [-0.2, -0.15) is 0 Å². The van der Waals surface area contributed by atoms with Crippen LogP contribution in [0, 0.1) is 5.92 Å². The van der Waals surface area contributed by atoms with Gasteiger partial charge in [-0.3, -0.25) is 0 Å². The molecule has 0 aromatic heterocycles. The van der Waals surface area contributed by atoms with Crippen molar-refractivity contribution in [2.24, 2.45) is 5.92 Å². The lowest BCUT2D eigenvalue weighted by molar-refractivity contribution is 0.0999. The maximum atomic E-state index is 11.1. The average Bonchev–Trinajstić information content (AvgIpc) is 2.31. The molecular weight excluding hydrogens is 206 g/mol. The normalized spacial score (nSPS) is 28.0. The minimum absolute atomic E-state index is 0.175. The molecule has 2 fully saturated rings. The van der Waals surface area contributed by atoms with Crippen molar-refractivity contribution in [1.82, 2.24) is 15.5 Å². The third-order valence-corrected chi connectivity index (χ3v) is 3.66. The monoisotopic (exact) mass is 227 g/mol. The molecule has 3 N–H and O–H groups in total. The lowest BCUT2D eigenvalue weighted by atomic mass is 9.90. The molecule has 0 aliphatic carbocycles. The first kappa shape index (κ1) is 11.7. The molecule has 0 saturated carbocycles. The van der Waals surface area contributed by atoms with Gasteiger partial charge in [-0.15, -0.1) is 0 Å². The number of nitrogens with one attached hydrogen (secondary N) is 2. The number of amides is 1. The van der Waals surface area contributed by atoms with E-state index in [0.717, 1.165) is 32.6 Å².